The maximum absolute atomic E-state index is 14.0. The minimum atomic E-state index is -4.19. The van der Waals surface area contributed by atoms with E-state index < -0.39 is 28.5 Å². The van der Waals surface area contributed by atoms with Crippen molar-refractivity contribution in [3.8, 4) is 5.75 Å². The molecule has 1 N–H and O–H groups in total. The third-order valence-corrected chi connectivity index (χ3v) is 8.66. The van der Waals surface area contributed by atoms with Gasteiger partial charge in [0.25, 0.3) is 10.0 Å². The highest BCUT2D eigenvalue weighted by Crippen LogP contribution is 2.34. The van der Waals surface area contributed by atoms with E-state index in [1.165, 1.54) is 24.1 Å². The summed E-state index contributed by atoms with van der Waals surface area (Å²) < 4.78 is 35.5. The molecule has 0 aliphatic carbocycles. The van der Waals surface area contributed by atoms with Crippen LogP contribution < -0.4 is 14.4 Å². The third-order valence-electron chi connectivity index (χ3n) is 6.36. The molecule has 0 aliphatic heterocycles. The van der Waals surface area contributed by atoms with Gasteiger partial charge in [0, 0.05) is 17.1 Å². The number of ether oxygens (including phenoxy) is 1. The molecule has 3 aromatic rings. The highest BCUT2D eigenvalue weighted by atomic mass is 79.9. The van der Waals surface area contributed by atoms with Gasteiger partial charge in [-0.25, -0.2) is 8.42 Å². The van der Waals surface area contributed by atoms with Gasteiger partial charge in [-0.15, -0.1) is 0 Å². The van der Waals surface area contributed by atoms with Crippen LogP contribution in [0, 0.1) is 13.8 Å². The molecule has 214 valence electrons. The molecule has 1 unspecified atom stereocenters. The molecule has 0 saturated carbocycles. The third kappa shape index (κ3) is 7.63. The number of nitrogens with zero attached hydrogens (tertiary/aromatic N) is 2. The largest absolute Gasteiger partial charge is 0.495 e. The van der Waals surface area contributed by atoms with E-state index in [0.717, 1.165) is 25.5 Å². The van der Waals surface area contributed by atoms with E-state index >= 15 is 0 Å². The Morgan fingerprint density at radius 3 is 2.10 bits per heavy atom. The zero-order valence-corrected chi connectivity index (χ0v) is 26.0. The number of anilines is 1. The van der Waals surface area contributed by atoms with Crippen LogP contribution in [0.3, 0.4) is 0 Å². The Bertz CT molecular complexity index is 1440. The molecule has 1 atom stereocenters. The SMILES string of the molecule is COc1ccc(C)cc1N(CC(=O)N(Cc1ccc(Br)cc1)C(C)C(=O)NC(C)C)S(=O)(=O)c1ccc(C)cc1. The number of hydrogen-bond donors (Lipinski definition) is 1. The van der Waals surface area contributed by atoms with Crippen LogP contribution in [0.15, 0.2) is 76.1 Å². The lowest BCUT2D eigenvalue weighted by Gasteiger charge is -2.32. The molecule has 40 heavy (non-hydrogen) atoms. The molecule has 0 aliphatic rings. The van der Waals surface area contributed by atoms with Crippen LogP contribution in [0.5, 0.6) is 5.75 Å². The summed E-state index contributed by atoms with van der Waals surface area (Å²) in [4.78, 5) is 28.5. The molecule has 0 bridgehead atoms. The van der Waals surface area contributed by atoms with Gasteiger partial charge < -0.3 is 15.0 Å². The van der Waals surface area contributed by atoms with Crippen LogP contribution in [0.1, 0.15) is 37.5 Å². The molecule has 2 amide bonds. The second-order valence-corrected chi connectivity index (χ2v) is 12.8. The molecular formula is C30H36BrN3O5S. The molecule has 3 rings (SSSR count). The van der Waals surface area contributed by atoms with Gasteiger partial charge in [-0.2, -0.15) is 0 Å². The van der Waals surface area contributed by atoms with Gasteiger partial charge in [0.05, 0.1) is 17.7 Å². The van der Waals surface area contributed by atoms with Crippen molar-refractivity contribution in [3.63, 3.8) is 0 Å². The summed E-state index contributed by atoms with van der Waals surface area (Å²) >= 11 is 3.42. The number of sulfonamides is 1. The van der Waals surface area contributed by atoms with Gasteiger partial charge in [-0.1, -0.05) is 51.8 Å². The zero-order valence-electron chi connectivity index (χ0n) is 23.6. The quantitative estimate of drug-likeness (QED) is 0.314. The number of rotatable bonds is 11. The van der Waals surface area contributed by atoms with Crippen LogP contribution in [0.25, 0.3) is 0 Å². The highest BCUT2D eigenvalue weighted by molar-refractivity contribution is 9.10. The van der Waals surface area contributed by atoms with Crippen molar-refractivity contribution in [2.75, 3.05) is 18.0 Å². The molecule has 10 heteroatoms. The summed E-state index contributed by atoms with van der Waals surface area (Å²) in [5.41, 5.74) is 2.73. The number of methoxy groups -OCH3 is 1. The standard InChI is InChI=1S/C30H36BrN3O5S/c1-20(2)32-30(36)23(5)33(18-24-10-12-25(31)13-11-24)29(35)19-34(27-17-22(4)9-16-28(27)39-6)40(37,38)26-14-7-21(3)8-15-26/h7-17,20,23H,18-19H2,1-6H3,(H,32,36). The van der Waals surface area contributed by atoms with Crippen molar-refractivity contribution in [2.24, 2.45) is 0 Å². The average Bonchev–Trinajstić information content (AvgIpc) is 2.90. The van der Waals surface area contributed by atoms with Crippen molar-refractivity contribution in [2.45, 2.75) is 58.1 Å². The molecule has 0 spiro atoms. The lowest BCUT2D eigenvalue weighted by Crippen LogP contribution is -2.52. The fourth-order valence-corrected chi connectivity index (χ4v) is 5.80. The summed E-state index contributed by atoms with van der Waals surface area (Å²) in [6, 6.07) is 18.0. The van der Waals surface area contributed by atoms with E-state index in [9.17, 15) is 18.0 Å². The predicted octanol–water partition coefficient (Wildman–Crippen LogP) is 5.21. The maximum Gasteiger partial charge on any atom is 0.264 e. The molecule has 0 fully saturated rings. The van der Waals surface area contributed by atoms with Gasteiger partial charge in [0.1, 0.15) is 18.3 Å². The number of amides is 2. The number of aryl methyl sites for hydroxylation is 2. The molecule has 8 nitrogen and oxygen atoms in total. The maximum atomic E-state index is 14.0. The molecular weight excluding hydrogens is 594 g/mol. The summed E-state index contributed by atoms with van der Waals surface area (Å²) in [5.74, 6) is -0.561. The Kier molecular flexibility index (Phi) is 10.4. The van der Waals surface area contributed by atoms with Gasteiger partial charge in [-0.3, -0.25) is 13.9 Å². The minimum Gasteiger partial charge on any atom is -0.495 e. The molecule has 0 saturated heterocycles. The summed E-state index contributed by atoms with van der Waals surface area (Å²) in [7, 11) is -2.74. The second-order valence-electron chi connectivity index (χ2n) is 9.99. The Morgan fingerprint density at radius 2 is 1.52 bits per heavy atom. The molecule has 0 radical (unpaired) electrons. The normalized spacial score (nSPS) is 12.1. The topological polar surface area (TPSA) is 96.0 Å². The van der Waals surface area contributed by atoms with Crippen LogP contribution >= 0.6 is 15.9 Å². The van der Waals surface area contributed by atoms with Gasteiger partial charge in [0.2, 0.25) is 11.8 Å². The fourth-order valence-electron chi connectivity index (χ4n) is 4.12. The van der Waals surface area contributed by atoms with Crippen molar-refractivity contribution < 1.29 is 22.7 Å². The first-order valence-electron chi connectivity index (χ1n) is 12.9. The first-order valence-corrected chi connectivity index (χ1v) is 15.1. The number of halogens is 1. The van der Waals surface area contributed by atoms with E-state index in [1.807, 2.05) is 52.0 Å². The highest BCUT2D eigenvalue weighted by Gasteiger charge is 2.34. The predicted molar refractivity (Wildman–Crippen MR) is 161 cm³/mol. The van der Waals surface area contributed by atoms with E-state index in [4.69, 9.17) is 4.74 Å². The second kappa shape index (κ2) is 13.3. The number of carbonyl (C=O) groups excluding carboxylic acids is 2. The first kappa shape index (κ1) is 31.2. The molecule has 0 aromatic heterocycles. The minimum absolute atomic E-state index is 0.0412. The Labute approximate surface area is 245 Å². The lowest BCUT2D eigenvalue weighted by molar-refractivity contribution is -0.139. The van der Waals surface area contributed by atoms with Crippen molar-refractivity contribution >= 4 is 43.5 Å². The Hall–Kier alpha value is -3.37. The van der Waals surface area contributed by atoms with Crippen molar-refractivity contribution in [1.29, 1.82) is 0 Å². The summed E-state index contributed by atoms with van der Waals surface area (Å²) in [5, 5.41) is 2.85. The summed E-state index contributed by atoms with van der Waals surface area (Å²) in [6.45, 7) is 8.59. The number of carbonyl (C=O) groups is 2. The molecule has 3 aromatic carbocycles. The fraction of sp³-hybridized carbons (Fsp3) is 0.333. The van der Waals surface area contributed by atoms with Crippen LogP contribution in [-0.2, 0) is 26.2 Å². The zero-order chi connectivity index (χ0) is 29.6. The van der Waals surface area contributed by atoms with Gasteiger partial charge in [-0.05, 0) is 82.1 Å². The van der Waals surface area contributed by atoms with E-state index in [1.54, 1.807) is 37.3 Å². The lowest BCUT2D eigenvalue weighted by atomic mass is 10.1. The van der Waals surface area contributed by atoms with E-state index in [0.29, 0.717) is 5.75 Å². The monoisotopic (exact) mass is 629 g/mol. The molecule has 0 heterocycles. The smallest absolute Gasteiger partial charge is 0.264 e. The Balaban J connectivity index is 2.10. The number of nitrogens with one attached hydrogen (secondary N) is 1. The van der Waals surface area contributed by atoms with Gasteiger partial charge in [0.15, 0.2) is 0 Å². The van der Waals surface area contributed by atoms with Gasteiger partial charge >= 0.3 is 0 Å². The van der Waals surface area contributed by atoms with Crippen LogP contribution in [-0.4, -0.2) is 50.9 Å². The van der Waals surface area contributed by atoms with Crippen molar-refractivity contribution in [3.05, 3.63) is 87.9 Å². The Morgan fingerprint density at radius 1 is 0.925 bits per heavy atom. The van der Waals surface area contributed by atoms with Crippen LogP contribution in [0.4, 0.5) is 5.69 Å². The van der Waals surface area contributed by atoms with E-state index in [-0.39, 0.29) is 29.1 Å². The number of benzene rings is 3. The van der Waals surface area contributed by atoms with E-state index in [2.05, 4.69) is 21.2 Å². The first-order chi connectivity index (χ1) is 18.8. The number of hydrogen-bond acceptors (Lipinski definition) is 5. The van der Waals surface area contributed by atoms with Crippen molar-refractivity contribution in [1.82, 2.24) is 10.2 Å². The van der Waals surface area contributed by atoms with Crippen LogP contribution in [0.2, 0.25) is 0 Å². The average molecular weight is 631 g/mol. The summed E-state index contributed by atoms with van der Waals surface area (Å²) in [6.07, 6.45) is 0.